The molecule has 3 atom stereocenters. The lowest BCUT2D eigenvalue weighted by molar-refractivity contribution is -0.220. The van der Waals surface area contributed by atoms with Gasteiger partial charge in [0.1, 0.15) is 0 Å². The van der Waals surface area contributed by atoms with E-state index in [1.165, 1.54) is 4.90 Å². The summed E-state index contributed by atoms with van der Waals surface area (Å²) >= 11 is 0. The lowest BCUT2D eigenvalue weighted by atomic mass is 9.96. The molecule has 0 spiro atoms. The van der Waals surface area contributed by atoms with Crippen molar-refractivity contribution in [3.8, 4) is 0 Å². The number of ether oxygens (including phenoxy) is 1. The number of rotatable bonds is 2. The zero-order valence-electron chi connectivity index (χ0n) is 9.28. The maximum Gasteiger partial charge on any atom is 0.230 e. The number of hydrogen-bond donors (Lipinski definition) is 1. The van der Waals surface area contributed by atoms with E-state index in [2.05, 4.69) is 0 Å². The molecule has 1 N–H and O–H groups in total. The minimum absolute atomic E-state index is 0.0393. The Bertz CT molecular complexity index is 229. The van der Waals surface area contributed by atoms with Crippen molar-refractivity contribution in [3.63, 3.8) is 0 Å². The van der Waals surface area contributed by atoms with Gasteiger partial charge in [-0.05, 0) is 20.3 Å². The first-order chi connectivity index (χ1) is 6.37. The molecule has 3 unspecified atom stereocenters. The molecule has 4 heteroatoms. The van der Waals surface area contributed by atoms with Gasteiger partial charge in [-0.2, -0.15) is 0 Å². The summed E-state index contributed by atoms with van der Waals surface area (Å²) in [4.78, 5) is 13.1. The Hall–Kier alpha value is -0.610. The van der Waals surface area contributed by atoms with Crippen LogP contribution in [0.25, 0.3) is 0 Å². The van der Waals surface area contributed by atoms with Gasteiger partial charge < -0.3 is 14.7 Å². The molecule has 1 rings (SSSR count). The molecule has 14 heavy (non-hydrogen) atoms. The first-order valence-electron chi connectivity index (χ1n) is 4.98. The number of aliphatic hydroxyl groups is 1. The third-order valence-corrected chi connectivity index (χ3v) is 2.80. The minimum atomic E-state index is -1.26. The highest BCUT2D eigenvalue weighted by atomic mass is 16.6. The largest absolute Gasteiger partial charge is 0.365 e. The highest BCUT2D eigenvalue weighted by Crippen LogP contribution is 2.34. The minimum Gasteiger partial charge on any atom is -0.365 e. The Labute approximate surface area is 84.8 Å². The summed E-state index contributed by atoms with van der Waals surface area (Å²) in [7, 11) is 3.36. The van der Waals surface area contributed by atoms with Crippen molar-refractivity contribution in [3.05, 3.63) is 0 Å². The fraction of sp³-hybridized carbons (Fsp3) is 0.900. The standard InChI is InChI=1S/C10H19NO3/c1-7-5-6-10(13,14-7)8(2)9(12)11(3)4/h7-8,13H,5-6H2,1-4H3. The van der Waals surface area contributed by atoms with Crippen LogP contribution in [0.2, 0.25) is 0 Å². The smallest absolute Gasteiger partial charge is 0.230 e. The molecule has 1 heterocycles. The van der Waals surface area contributed by atoms with Crippen LogP contribution in [0.4, 0.5) is 0 Å². The van der Waals surface area contributed by atoms with Crippen molar-refractivity contribution in [1.82, 2.24) is 4.90 Å². The fourth-order valence-corrected chi connectivity index (χ4v) is 1.78. The molecule has 0 aromatic heterocycles. The van der Waals surface area contributed by atoms with Crippen molar-refractivity contribution in [2.45, 2.75) is 38.6 Å². The van der Waals surface area contributed by atoms with Gasteiger partial charge in [0.15, 0.2) is 5.79 Å². The second-order valence-corrected chi connectivity index (χ2v) is 4.27. The molecule has 1 fully saturated rings. The van der Waals surface area contributed by atoms with Crippen LogP contribution in [0, 0.1) is 5.92 Å². The number of hydrogen-bond acceptors (Lipinski definition) is 3. The number of nitrogens with zero attached hydrogens (tertiary/aromatic N) is 1. The maximum atomic E-state index is 11.6. The van der Waals surface area contributed by atoms with Crippen molar-refractivity contribution < 1.29 is 14.6 Å². The maximum absolute atomic E-state index is 11.6. The van der Waals surface area contributed by atoms with E-state index in [9.17, 15) is 9.90 Å². The fourth-order valence-electron chi connectivity index (χ4n) is 1.78. The van der Waals surface area contributed by atoms with Gasteiger partial charge in [-0.15, -0.1) is 0 Å². The third kappa shape index (κ3) is 2.07. The molecule has 1 amide bonds. The Morgan fingerprint density at radius 1 is 1.64 bits per heavy atom. The summed E-state index contributed by atoms with van der Waals surface area (Å²) in [5, 5.41) is 10.1. The van der Waals surface area contributed by atoms with Crippen molar-refractivity contribution in [1.29, 1.82) is 0 Å². The van der Waals surface area contributed by atoms with Gasteiger partial charge in [0.2, 0.25) is 5.91 Å². The highest BCUT2D eigenvalue weighted by Gasteiger charge is 2.45. The molecule has 82 valence electrons. The summed E-state index contributed by atoms with van der Waals surface area (Å²) in [6.45, 7) is 3.62. The van der Waals surface area contributed by atoms with Crippen molar-refractivity contribution in [2.24, 2.45) is 5.92 Å². The lowest BCUT2D eigenvalue weighted by Gasteiger charge is -2.30. The molecule has 0 aromatic carbocycles. The third-order valence-electron chi connectivity index (χ3n) is 2.80. The zero-order valence-corrected chi connectivity index (χ0v) is 9.28. The Morgan fingerprint density at radius 3 is 2.57 bits per heavy atom. The van der Waals surface area contributed by atoms with Gasteiger partial charge in [-0.1, -0.05) is 0 Å². The van der Waals surface area contributed by atoms with E-state index in [1.54, 1.807) is 21.0 Å². The second kappa shape index (κ2) is 3.87. The summed E-state index contributed by atoms with van der Waals surface area (Å²) in [6, 6.07) is 0. The SMILES string of the molecule is CC1CCC(O)(C(C)C(=O)N(C)C)O1. The van der Waals surface area contributed by atoms with Crippen LogP contribution in [-0.4, -0.2) is 41.9 Å². The average Bonchev–Trinajstić information content (AvgIpc) is 2.45. The van der Waals surface area contributed by atoms with Gasteiger partial charge in [0, 0.05) is 20.5 Å². The summed E-state index contributed by atoms with van der Waals surface area (Å²) in [5.74, 6) is -1.86. The molecule has 1 saturated heterocycles. The van der Waals surface area contributed by atoms with E-state index >= 15 is 0 Å². The Balaban J connectivity index is 2.68. The number of amides is 1. The van der Waals surface area contributed by atoms with Gasteiger partial charge in [0.25, 0.3) is 0 Å². The van der Waals surface area contributed by atoms with Crippen LogP contribution in [0.3, 0.4) is 0 Å². The molecule has 0 aliphatic carbocycles. The molecule has 4 nitrogen and oxygen atoms in total. The van der Waals surface area contributed by atoms with Gasteiger partial charge in [0.05, 0.1) is 12.0 Å². The van der Waals surface area contributed by atoms with E-state index in [4.69, 9.17) is 4.74 Å². The molecule has 0 radical (unpaired) electrons. The first kappa shape index (κ1) is 11.5. The predicted octanol–water partition coefficient (Wildman–Crippen LogP) is 0.598. The first-order valence-corrected chi connectivity index (χ1v) is 4.98. The van der Waals surface area contributed by atoms with Crippen LogP contribution in [0.5, 0.6) is 0 Å². The Kier molecular flexibility index (Phi) is 3.17. The van der Waals surface area contributed by atoms with E-state index in [0.717, 1.165) is 6.42 Å². The summed E-state index contributed by atoms with van der Waals surface area (Å²) in [5.41, 5.74) is 0. The van der Waals surface area contributed by atoms with E-state index in [0.29, 0.717) is 6.42 Å². The normalized spacial score (nSPS) is 34.2. The van der Waals surface area contributed by atoms with E-state index in [-0.39, 0.29) is 12.0 Å². The number of carbonyl (C=O) groups excluding carboxylic acids is 1. The molecule has 1 aliphatic heterocycles. The van der Waals surface area contributed by atoms with E-state index in [1.807, 2.05) is 6.92 Å². The van der Waals surface area contributed by atoms with Crippen LogP contribution < -0.4 is 0 Å². The van der Waals surface area contributed by atoms with Gasteiger partial charge in [-0.25, -0.2) is 0 Å². The molecular weight excluding hydrogens is 182 g/mol. The molecule has 0 saturated carbocycles. The van der Waals surface area contributed by atoms with Gasteiger partial charge in [-0.3, -0.25) is 4.79 Å². The van der Waals surface area contributed by atoms with Crippen LogP contribution in [-0.2, 0) is 9.53 Å². The molecular formula is C10H19NO3. The van der Waals surface area contributed by atoms with Crippen molar-refractivity contribution >= 4 is 5.91 Å². The molecule has 1 aliphatic rings. The highest BCUT2D eigenvalue weighted by molar-refractivity contribution is 5.78. The number of carbonyl (C=O) groups is 1. The average molecular weight is 201 g/mol. The summed E-state index contributed by atoms with van der Waals surface area (Å²) < 4.78 is 5.39. The van der Waals surface area contributed by atoms with Crippen LogP contribution in [0.1, 0.15) is 26.7 Å². The van der Waals surface area contributed by atoms with Gasteiger partial charge >= 0.3 is 0 Å². The Morgan fingerprint density at radius 2 is 2.21 bits per heavy atom. The van der Waals surface area contributed by atoms with Crippen LogP contribution in [0.15, 0.2) is 0 Å². The molecule has 0 bridgehead atoms. The zero-order chi connectivity index (χ0) is 10.9. The molecule has 0 aromatic rings. The van der Waals surface area contributed by atoms with Crippen LogP contribution >= 0.6 is 0 Å². The monoisotopic (exact) mass is 201 g/mol. The topological polar surface area (TPSA) is 49.8 Å². The predicted molar refractivity (Wildman–Crippen MR) is 52.6 cm³/mol. The lowest BCUT2D eigenvalue weighted by Crippen LogP contribution is -2.45. The second-order valence-electron chi connectivity index (χ2n) is 4.27. The summed E-state index contributed by atoms with van der Waals surface area (Å²) in [6.07, 6.45) is 1.38. The van der Waals surface area contributed by atoms with E-state index < -0.39 is 11.7 Å². The quantitative estimate of drug-likeness (QED) is 0.711. The van der Waals surface area contributed by atoms with Crippen molar-refractivity contribution in [2.75, 3.05) is 14.1 Å².